The van der Waals surface area contributed by atoms with Gasteiger partial charge in [0.1, 0.15) is 0 Å². The summed E-state index contributed by atoms with van der Waals surface area (Å²) in [6.07, 6.45) is 2.68. The van der Waals surface area contributed by atoms with Crippen molar-refractivity contribution in [1.29, 1.82) is 0 Å². The number of aliphatic hydroxyl groups is 1. The molecule has 0 aromatic heterocycles. The van der Waals surface area contributed by atoms with Gasteiger partial charge in [-0.05, 0) is 33.2 Å². The summed E-state index contributed by atoms with van der Waals surface area (Å²) in [7, 11) is 0. The van der Waals surface area contributed by atoms with Crippen LogP contribution in [0.25, 0.3) is 0 Å². The molecule has 16 heavy (non-hydrogen) atoms. The van der Waals surface area contributed by atoms with Crippen LogP contribution < -0.4 is 0 Å². The van der Waals surface area contributed by atoms with Crippen molar-refractivity contribution in [2.75, 3.05) is 32.8 Å². The quantitative estimate of drug-likeness (QED) is 0.669. The smallest absolute Gasteiger partial charge is 0.158 e. The van der Waals surface area contributed by atoms with Gasteiger partial charge in [0.25, 0.3) is 0 Å². The molecule has 0 amide bonds. The van der Waals surface area contributed by atoms with Gasteiger partial charge in [-0.3, -0.25) is 0 Å². The van der Waals surface area contributed by atoms with E-state index in [1.165, 1.54) is 0 Å². The Morgan fingerprint density at radius 3 is 2.56 bits per heavy atom. The predicted molar refractivity (Wildman–Crippen MR) is 63.3 cm³/mol. The molecule has 0 aromatic carbocycles. The van der Waals surface area contributed by atoms with Crippen molar-refractivity contribution in [2.24, 2.45) is 0 Å². The zero-order valence-electron chi connectivity index (χ0n) is 10.5. The highest BCUT2D eigenvalue weighted by atomic mass is 16.7. The Hall–Kier alpha value is -0.160. The van der Waals surface area contributed by atoms with Crippen LogP contribution in [0.5, 0.6) is 0 Å². The molecule has 1 unspecified atom stereocenters. The van der Waals surface area contributed by atoms with E-state index < -0.39 is 0 Å². The standard InChI is InChI=1S/C12H25NO3/c1-3-15-12(16-4-2)7-9-13-8-5-6-11(14)10-13/h11-12,14H,3-10H2,1-2H3. The van der Waals surface area contributed by atoms with Crippen LogP contribution in [-0.2, 0) is 9.47 Å². The van der Waals surface area contributed by atoms with Crippen LogP contribution >= 0.6 is 0 Å². The zero-order chi connectivity index (χ0) is 11.8. The van der Waals surface area contributed by atoms with Gasteiger partial charge in [-0.15, -0.1) is 0 Å². The highest BCUT2D eigenvalue weighted by Gasteiger charge is 2.18. The van der Waals surface area contributed by atoms with Crippen molar-refractivity contribution < 1.29 is 14.6 Å². The number of hydrogen-bond donors (Lipinski definition) is 1. The second kappa shape index (κ2) is 8.01. The van der Waals surface area contributed by atoms with Crippen LogP contribution in [0, 0.1) is 0 Å². The van der Waals surface area contributed by atoms with E-state index in [0.29, 0.717) is 13.2 Å². The predicted octanol–water partition coefficient (Wildman–Crippen LogP) is 1.23. The molecule has 1 atom stereocenters. The molecular formula is C12H25NO3. The van der Waals surface area contributed by atoms with Gasteiger partial charge >= 0.3 is 0 Å². The molecule has 1 saturated heterocycles. The van der Waals surface area contributed by atoms with E-state index in [-0.39, 0.29) is 12.4 Å². The summed E-state index contributed by atoms with van der Waals surface area (Å²) in [5, 5.41) is 9.55. The van der Waals surface area contributed by atoms with E-state index in [1.807, 2.05) is 13.8 Å². The van der Waals surface area contributed by atoms with Gasteiger partial charge in [-0.25, -0.2) is 0 Å². The third-order valence-corrected chi connectivity index (χ3v) is 2.87. The van der Waals surface area contributed by atoms with Crippen molar-refractivity contribution in [3.8, 4) is 0 Å². The zero-order valence-corrected chi connectivity index (χ0v) is 10.5. The van der Waals surface area contributed by atoms with E-state index in [4.69, 9.17) is 9.47 Å². The Labute approximate surface area is 98.5 Å². The van der Waals surface area contributed by atoms with Crippen molar-refractivity contribution in [2.45, 2.75) is 45.5 Å². The molecule has 0 aromatic rings. The summed E-state index contributed by atoms with van der Waals surface area (Å²) in [4.78, 5) is 2.29. The molecule has 0 saturated carbocycles. The first kappa shape index (κ1) is 13.9. The molecule has 4 nitrogen and oxygen atoms in total. The number of rotatable bonds is 7. The fourth-order valence-corrected chi connectivity index (χ4v) is 2.11. The van der Waals surface area contributed by atoms with Crippen LogP contribution in [0.15, 0.2) is 0 Å². The molecule has 0 radical (unpaired) electrons. The molecule has 1 heterocycles. The first-order valence-corrected chi connectivity index (χ1v) is 6.39. The number of β-amino-alcohol motifs (C(OH)–C–C–N with tert-alkyl or cyclic N) is 1. The third kappa shape index (κ3) is 5.25. The van der Waals surface area contributed by atoms with Crippen LogP contribution in [0.2, 0.25) is 0 Å². The summed E-state index contributed by atoms with van der Waals surface area (Å²) < 4.78 is 11.0. The summed E-state index contributed by atoms with van der Waals surface area (Å²) in [5.41, 5.74) is 0. The van der Waals surface area contributed by atoms with Gasteiger partial charge in [0.15, 0.2) is 6.29 Å². The fraction of sp³-hybridized carbons (Fsp3) is 1.00. The number of hydrogen-bond acceptors (Lipinski definition) is 4. The first-order valence-electron chi connectivity index (χ1n) is 6.39. The van der Waals surface area contributed by atoms with E-state index in [9.17, 15) is 5.11 Å². The molecule has 0 spiro atoms. The number of ether oxygens (including phenoxy) is 2. The number of piperidine rings is 1. The van der Waals surface area contributed by atoms with E-state index >= 15 is 0 Å². The Morgan fingerprint density at radius 1 is 1.31 bits per heavy atom. The Bertz CT molecular complexity index is 167. The highest BCUT2D eigenvalue weighted by molar-refractivity contribution is 4.71. The van der Waals surface area contributed by atoms with Crippen LogP contribution in [0.4, 0.5) is 0 Å². The lowest BCUT2D eigenvalue weighted by Crippen LogP contribution is -2.40. The molecular weight excluding hydrogens is 206 g/mol. The van der Waals surface area contributed by atoms with Crippen molar-refractivity contribution in [1.82, 2.24) is 4.90 Å². The van der Waals surface area contributed by atoms with Crippen molar-refractivity contribution in [3.63, 3.8) is 0 Å². The van der Waals surface area contributed by atoms with Crippen molar-refractivity contribution in [3.05, 3.63) is 0 Å². The number of nitrogens with zero attached hydrogens (tertiary/aromatic N) is 1. The van der Waals surface area contributed by atoms with E-state index in [2.05, 4.69) is 4.90 Å². The maximum atomic E-state index is 9.55. The van der Waals surface area contributed by atoms with Crippen LogP contribution in [0.3, 0.4) is 0 Å². The van der Waals surface area contributed by atoms with Gasteiger partial charge in [0, 0.05) is 32.7 Å². The second-order valence-corrected chi connectivity index (χ2v) is 4.23. The minimum atomic E-state index is -0.147. The Balaban J connectivity index is 2.19. The lowest BCUT2D eigenvalue weighted by Gasteiger charge is -2.31. The number of aliphatic hydroxyl groups excluding tert-OH is 1. The van der Waals surface area contributed by atoms with E-state index in [0.717, 1.165) is 38.9 Å². The van der Waals surface area contributed by atoms with E-state index in [1.54, 1.807) is 0 Å². The molecule has 96 valence electrons. The summed E-state index contributed by atoms with van der Waals surface area (Å²) in [5.74, 6) is 0. The SMILES string of the molecule is CCOC(CCN1CCCC(O)C1)OCC. The summed E-state index contributed by atoms with van der Waals surface area (Å²) in [6.45, 7) is 8.17. The second-order valence-electron chi connectivity index (χ2n) is 4.23. The average Bonchev–Trinajstić information content (AvgIpc) is 2.27. The fourth-order valence-electron chi connectivity index (χ4n) is 2.11. The minimum absolute atomic E-state index is 0.0888. The number of likely N-dealkylation sites (tertiary alicyclic amines) is 1. The lowest BCUT2D eigenvalue weighted by atomic mass is 10.1. The van der Waals surface area contributed by atoms with Crippen molar-refractivity contribution >= 4 is 0 Å². The van der Waals surface area contributed by atoms with Gasteiger partial charge in [0.2, 0.25) is 0 Å². The molecule has 1 N–H and O–H groups in total. The molecule has 1 aliphatic rings. The molecule has 0 bridgehead atoms. The molecule has 1 rings (SSSR count). The summed E-state index contributed by atoms with van der Waals surface area (Å²) in [6, 6.07) is 0. The normalized spacial score (nSPS) is 22.9. The topological polar surface area (TPSA) is 41.9 Å². The molecule has 1 fully saturated rings. The monoisotopic (exact) mass is 231 g/mol. The molecule has 4 heteroatoms. The summed E-state index contributed by atoms with van der Waals surface area (Å²) >= 11 is 0. The third-order valence-electron chi connectivity index (χ3n) is 2.87. The minimum Gasteiger partial charge on any atom is -0.392 e. The molecule has 1 aliphatic heterocycles. The largest absolute Gasteiger partial charge is 0.392 e. The first-order chi connectivity index (χ1) is 7.76. The highest BCUT2D eigenvalue weighted by Crippen LogP contribution is 2.11. The van der Waals surface area contributed by atoms with Gasteiger partial charge in [0.05, 0.1) is 6.10 Å². The Morgan fingerprint density at radius 2 is 2.00 bits per heavy atom. The van der Waals surface area contributed by atoms with Gasteiger partial charge in [-0.1, -0.05) is 0 Å². The molecule has 0 aliphatic carbocycles. The van der Waals surface area contributed by atoms with Crippen LogP contribution in [-0.4, -0.2) is 55.2 Å². The average molecular weight is 231 g/mol. The maximum absolute atomic E-state index is 9.55. The lowest BCUT2D eigenvalue weighted by molar-refractivity contribution is -0.142. The van der Waals surface area contributed by atoms with Gasteiger partial charge < -0.3 is 19.5 Å². The van der Waals surface area contributed by atoms with Crippen LogP contribution in [0.1, 0.15) is 33.1 Å². The Kier molecular flexibility index (Phi) is 6.96. The van der Waals surface area contributed by atoms with Gasteiger partial charge in [-0.2, -0.15) is 0 Å². The maximum Gasteiger partial charge on any atom is 0.158 e.